The van der Waals surface area contributed by atoms with E-state index in [1.54, 1.807) is 70.7 Å². The standard InChI is InChI=1S/C61H49FN10O4/c62-50-33-41(32-45(34-50)55(74)70-37-43-14-10-11-15-44(43)38-70)36-72-57(76)61(47-19-6-2-7-20-47,48-21-8-3-9-22-48)68-59(72)66-51-25-23-49(24-26-51)60(46-17-4-1-5-18-46)56(75)71(58(63)67-60)35-40-13-12-16-42(31-40)54(73)69-30-27-52-53(39-69)65-29-28-64-52/h1-26,28-29,31-34H,27,30,35-39H2,(H2,63,67)(H,66,68). The molecule has 15 heteroatoms. The predicted octanol–water partition coefficient (Wildman–Crippen LogP) is 8.34. The fourth-order valence-electron chi connectivity index (χ4n) is 10.9. The maximum Gasteiger partial charge on any atom is 0.264 e. The van der Waals surface area contributed by atoms with Gasteiger partial charge in [-0.15, -0.1) is 0 Å². The summed E-state index contributed by atoms with van der Waals surface area (Å²) in [4.78, 5) is 78.5. The molecule has 3 N–H and O–H groups in total. The van der Waals surface area contributed by atoms with Crippen LogP contribution in [0.3, 0.4) is 0 Å². The molecule has 76 heavy (non-hydrogen) atoms. The molecule has 5 heterocycles. The molecule has 1 atom stereocenters. The number of amides is 4. The van der Waals surface area contributed by atoms with Crippen LogP contribution in [0.4, 0.5) is 10.1 Å². The second-order valence-corrected chi connectivity index (χ2v) is 19.4. The van der Waals surface area contributed by atoms with Gasteiger partial charge in [-0.25, -0.2) is 9.38 Å². The van der Waals surface area contributed by atoms with Crippen LogP contribution in [0.1, 0.15) is 76.6 Å². The Kier molecular flexibility index (Phi) is 12.1. The number of aliphatic imine (C=N–C) groups is 1. The highest BCUT2D eigenvalue weighted by Gasteiger charge is 2.54. The highest BCUT2D eigenvalue weighted by Crippen LogP contribution is 2.40. The van der Waals surface area contributed by atoms with Crippen LogP contribution < -0.4 is 10.6 Å². The maximum atomic E-state index is 15.7. The van der Waals surface area contributed by atoms with Crippen molar-refractivity contribution < 1.29 is 23.6 Å². The van der Waals surface area contributed by atoms with Crippen molar-refractivity contribution in [3.63, 3.8) is 0 Å². The Morgan fingerprint density at radius 1 is 0.553 bits per heavy atom. The molecule has 0 bridgehead atoms. The Bertz CT molecular complexity index is 3570. The number of guanidine groups is 2. The molecular formula is C61H49FN10O4. The van der Waals surface area contributed by atoms with E-state index in [1.165, 1.54) is 21.9 Å². The molecule has 4 amide bonds. The van der Waals surface area contributed by atoms with Gasteiger partial charge < -0.3 is 20.4 Å². The van der Waals surface area contributed by atoms with Crippen LogP contribution in [-0.4, -0.2) is 71.7 Å². The summed E-state index contributed by atoms with van der Waals surface area (Å²) in [6.07, 6.45) is 3.89. The summed E-state index contributed by atoms with van der Waals surface area (Å²) in [7, 11) is 0. The Labute approximate surface area is 437 Å². The highest BCUT2D eigenvalue weighted by molar-refractivity contribution is 6.12. The SMILES string of the molecule is N=C1NC(c2ccccc2)(c2ccc(/N=C3/NC(c4ccccc4)(c4ccccc4)C(=O)N3Cc3cc(F)cc(C(=O)N4Cc5ccccc5C4)c3)cc2)C(=O)N1Cc1cccc(C(=O)N2CCc3nccnc3C2)c1. The van der Waals surface area contributed by atoms with E-state index >= 15 is 14.0 Å². The summed E-state index contributed by atoms with van der Waals surface area (Å²) in [5.74, 6) is -1.79. The molecule has 2 saturated heterocycles. The zero-order chi connectivity index (χ0) is 52.0. The van der Waals surface area contributed by atoms with Crippen LogP contribution in [0, 0.1) is 11.2 Å². The van der Waals surface area contributed by atoms with Crippen LogP contribution in [-0.2, 0) is 59.8 Å². The molecule has 8 aromatic rings. The third-order valence-electron chi connectivity index (χ3n) is 14.7. The number of carbonyl (C=O) groups excluding carboxylic acids is 4. The van der Waals surface area contributed by atoms with Gasteiger partial charge in [-0.05, 0) is 87.0 Å². The third kappa shape index (κ3) is 8.41. The summed E-state index contributed by atoms with van der Waals surface area (Å²) >= 11 is 0. The number of hydrogen-bond donors (Lipinski definition) is 3. The summed E-state index contributed by atoms with van der Waals surface area (Å²) < 4.78 is 15.7. The molecule has 2 fully saturated rings. The average molecular weight is 1010 g/mol. The van der Waals surface area contributed by atoms with Crippen LogP contribution in [0.15, 0.2) is 199 Å². The summed E-state index contributed by atoms with van der Waals surface area (Å²) in [5, 5.41) is 16.0. The fraction of sp³-hybridized carbons (Fsp3) is 0.148. The molecule has 0 spiro atoms. The highest BCUT2D eigenvalue weighted by atomic mass is 19.1. The van der Waals surface area contributed by atoms with E-state index in [0.29, 0.717) is 77.2 Å². The second kappa shape index (κ2) is 19.3. The van der Waals surface area contributed by atoms with Crippen molar-refractivity contribution in [1.29, 1.82) is 5.41 Å². The number of carbonyl (C=O) groups is 4. The first kappa shape index (κ1) is 47.4. The Morgan fingerprint density at radius 3 is 1.74 bits per heavy atom. The van der Waals surface area contributed by atoms with Gasteiger partial charge in [-0.2, -0.15) is 0 Å². The first-order valence-corrected chi connectivity index (χ1v) is 25.0. The van der Waals surface area contributed by atoms with Crippen LogP contribution in [0.25, 0.3) is 0 Å². The fourth-order valence-corrected chi connectivity index (χ4v) is 10.9. The van der Waals surface area contributed by atoms with Crippen molar-refractivity contribution in [2.45, 2.75) is 50.2 Å². The van der Waals surface area contributed by atoms with Crippen molar-refractivity contribution in [2.24, 2.45) is 4.99 Å². The van der Waals surface area contributed by atoms with Crippen molar-refractivity contribution in [3.8, 4) is 0 Å². The molecule has 0 radical (unpaired) electrons. The Balaban J connectivity index is 0.866. The van der Waals surface area contributed by atoms with E-state index in [1.807, 2.05) is 121 Å². The minimum Gasteiger partial charge on any atom is -0.334 e. The minimum absolute atomic E-state index is 0.0218. The van der Waals surface area contributed by atoms with Crippen molar-refractivity contribution in [3.05, 3.63) is 267 Å². The average Bonchev–Trinajstić information content (AvgIpc) is 4.12. The van der Waals surface area contributed by atoms with Gasteiger partial charge in [0.25, 0.3) is 23.6 Å². The number of halogens is 1. The molecule has 4 aliphatic heterocycles. The maximum absolute atomic E-state index is 15.7. The quantitative estimate of drug-likeness (QED) is 0.116. The molecule has 4 aliphatic rings. The minimum atomic E-state index is -1.52. The number of aromatic nitrogens is 2. The predicted molar refractivity (Wildman–Crippen MR) is 283 cm³/mol. The normalized spacial score (nSPS) is 18.1. The van der Waals surface area contributed by atoms with Gasteiger partial charge in [0.2, 0.25) is 5.96 Å². The van der Waals surface area contributed by atoms with Crippen LogP contribution in [0.5, 0.6) is 0 Å². The lowest BCUT2D eigenvalue weighted by Crippen LogP contribution is -2.45. The number of nitrogens with one attached hydrogen (secondary N) is 3. The van der Waals surface area contributed by atoms with Crippen molar-refractivity contribution in [2.75, 3.05) is 6.54 Å². The molecule has 0 saturated carbocycles. The van der Waals surface area contributed by atoms with Gasteiger partial charge in [-0.3, -0.25) is 44.4 Å². The molecular weight excluding hydrogens is 956 g/mol. The van der Waals surface area contributed by atoms with Crippen LogP contribution >= 0.6 is 0 Å². The number of hydrogen-bond acceptors (Lipinski definition) is 8. The van der Waals surface area contributed by atoms with E-state index in [0.717, 1.165) is 22.5 Å². The summed E-state index contributed by atoms with van der Waals surface area (Å²) in [6, 6.07) is 54.1. The Hall–Kier alpha value is -9.63. The zero-order valence-electron chi connectivity index (χ0n) is 41.1. The van der Waals surface area contributed by atoms with Crippen molar-refractivity contribution in [1.82, 2.24) is 40.2 Å². The summed E-state index contributed by atoms with van der Waals surface area (Å²) in [5.41, 5.74) is 5.35. The van der Waals surface area contributed by atoms with Gasteiger partial charge in [0.1, 0.15) is 5.82 Å². The third-order valence-corrected chi connectivity index (χ3v) is 14.7. The molecule has 0 aliphatic carbocycles. The first-order valence-electron chi connectivity index (χ1n) is 25.0. The van der Waals surface area contributed by atoms with Gasteiger partial charge in [-0.1, -0.05) is 140 Å². The number of fused-ring (bicyclic) bond motifs is 2. The molecule has 12 rings (SSSR count). The molecule has 14 nitrogen and oxygen atoms in total. The van der Waals surface area contributed by atoms with E-state index in [4.69, 9.17) is 4.99 Å². The number of rotatable bonds is 11. The monoisotopic (exact) mass is 1000 g/mol. The second-order valence-electron chi connectivity index (χ2n) is 19.4. The van der Waals surface area contributed by atoms with E-state index in [-0.39, 0.29) is 48.3 Å². The van der Waals surface area contributed by atoms with E-state index < -0.39 is 22.8 Å². The number of benzene rings is 7. The first-order chi connectivity index (χ1) is 37.1. The van der Waals surface area contributed by atoms with E-state index in [2.05, 4.69) is 20.6 Å². The van der Waals surface area contributed by atoms with Crippen LogP contribution in [0.2, 0.25) is 0 Å². The van der Waals surface area contributed by atoms with Gasteiger partial charge in [0.05, 0.1) is 36.7 Å². The van der Waals surface area contributed by atoms with E-state index in [9.17, 15) is 15.0 Å². The topological polar surface area (TPSA) is 167 Å². The summed E-state index contributed by atoms with van der Waals surface area (Å²) in [6.45, 7) is 1.55. The van der Waals surface area contributed by atoms with Gasteiger partial charge >= 0.3 is 0 Å². The lowest BCUT2D eigenvalue weighted by Gasteiger charge is -2.28. The van der Waals surface area contributed by atoms with Gasteiger partial charge in [0, 0.05) is 49.6 Å². The van der Waals surface area contributed by atoms with Crippen molar-refractivity contribution >= 4 is 41.2 Å². The molecule has 7 aromatic carbocycles. The molecule has 1 aromatic heterocycles. The lowest BCUT2D eigenvalue weighted by molar-refractivity contribution is -0.131. The lowest BCUT2D eigenvalue weighted by atomic mass is 9.82. The Morgan fingerprint density at radius 2 is 1.09 bits per heavy atom. The van der Waals surface area contributed by atoms with Gasteiger partial charge in [0.15, 0.2) is 17.0 Å². The number of nitrogens with zero attached hydrogens (tertiary/aromatic N) is 7. The smallest absolute Gasteiger partial charge is 0.264 e. The zero-order valence-corrected chi connectivity index (χ0v) is 41.1. The largest absolute Gasteiger partial charge is 0.334 e. The molecule has 374 valence electrons. The molecule has 1 unspecified atom stereocenters.